The molecule has 1 aromatic rings. The predicted octanol–water partition coefficient (Wildman–Crippen LogP) is 2.82. The zero-order valence-electron chi connectivity index (χ0n) is 12.5. The first-order chi connectivity index (χ1) is 9.05. The van der Waals surface area contributed by atoms with Gasteiger partial charge in [0.1, 0.15) is 0 Å². The number of hydrogen-bond donors (Lipinski definition) is 1. The lowest BCUT2D eigenvalue weighted by Crippen LogP contribution is -2.56. The standard InChI is InChI=1S/C15H26N2OS/c1-5-16-14(13-10-12(2)19-11-13)15(3,4)17-6-8-18-9-7-17/h10-11,14,16H,5-9H2,1-4H3. The third kappa shape index (κ3) is 3.37. The first-order valence-corrected chi connectivity index (χ1v) is 8.05. The molecule has 2 heterocycles. The molecule has 3 nitrogen and oxygen atoms in total. The van der Waals surface area contributed by atoms with Gasteiger partial charge in [0.05, 0.1) is 19.3 Å². The van der Waals surface area contributed by atoms with E-state index in [2.05, 4.69) is 49.4 Å². The molecule has 1 aliphatic rings. The van der Waals surface area contributed by atoms with Gasteiger partial charge in [-0.1, -0.05) is 6.92 Å². The van der Waals surface area contributed by atoms with Crippen molar-refractivity contribution in [2.45, 2.75) is 39.3 Å². The molecule has 1 saturated heterocycles. The largest absolute Gasteiger partial charge is 0.379 e. The summed E-state index contributed by atoms with van der Waals surface area (Å²) in [5, 5.41) is 5.97. The highest BCUT2D eigenvalue weighted by atomic mass is 32.1. The van der Waals surface area contributed by atoms with E-state index in [0.29, 0.717) is 6.04 Å². The average molecular weight is 282 g/mol. The van der Waals surface area contributed by atoms with Crippen molar-refractivity contribution in [2.75, 3.05) is 32.8 Å². The lowest BCUT2D eigenvalue weighted by Gasteiger charge is -2.46. The summed E-state index contributed by atoms with van der Waals surface area (Å²) in [4.78, 5) is 3.94. The molecule has 0 radical (unpaired) electrons. The van der Waals surface area contributed by atoms with Crippen LogP contribution in [0.5, 0.6) is 0 Å². The summed E-state index contributed by atoms with van der Waals surface area (Å²) in [5.74, 6) is 0. The summed E-state index contributed by atoms with van der Waals surface area (Å²) >= 11 is 1.84. The van der Waals surface area contributed by atoms with E-state index < -0.39 is 0 Å². The third-order valence-electron chi connectivity index (χ3n) is 4.02. The van der Waals surface area contributed by atoms with E-state index in [1.165, 1.54) is 10.4 Å². The topological polar surface area (TPSA) is 24.5 Å². The van der Waals surface area contributed by atoms with E-state index in [4.69, 9.17) is 4.74 Å². The van der Waals surface area contributed by atoms with Crippen molar-refractivity contribution in [3.8, 4) is 0 Å². The molecule has 0 bridgehead atoms. The van der Waals surface area contributed by atoms with Gasteiger partial charge < -0.3 is 10.1 Å². The van der Waals surface area contributed by atoms with Gasteiger partial charge in [-0.25, -0.2) is 0 Å². The fourth-order valence-electron chi connectivity index (χ4n) is 2.92. The Labute approximate surface area is 121 Å². The minimum absolute atomic E-state index is 0.104. The number of morpholine rings is 1. The molecule has 108 valence electrons. The summed E-state index contributed by atoms with van der Waals surface area (Å²) in [5.41, 5.74) is 1.52. The smallest absolute Gasteiger partial charge is 0.0594 e. The molecule has 0 amide bonds. The molecular weight excluding hydrogens is 256 g/mol. The van der Waals surface area contributed by atoms with Crippen molar-refractivity contribution in [1.82, 2.24) is 10.2 Å². The van der Waals surface area contributed by atoms with Crippen LogP contribution in [0.25, 0.3) is 0 Å². The van der Waals surface area contributed by atoms with E-state index in [0.717, 1.165) is 32.8 Å². The molecule has 2 rings (SSSR count). The van der Waals surface area contributed by atoms with Crippen molar-refractivity contribution in [1.29, 1.82) is 0 Å². The SMILES string of the molecule is CCNC(c1csc(C)c1)C(C)(C)N1CCOCC1. The van der Waals surface area contributed by atoms with Crippen molar-refractivity contribution >= 4 is 11.3 Å². The van der Waals surface area contributed by atoms with Crippen LogP contribution in [-0.2, 0) is 4.74 Å². The Hall–Kier alpha value is -0.420. The highest BCUT2D eigenvalue weighted by Crippen LogP contribution is 2.33. The van der Waals surface area contributed by atoms with Gasteiger partial charge in [-0.3, -0.25) is 4.90 Å². The molecular formula is C15H26N2OS. The van der Waals surface area contributed by atoms with Crippen LogP contribution in [0, 0.1) is 6.92 Å². The van der Waals surface area contributed by atoms with E-state index in [1.807, 2.05) is 11.3 Å². The average Bonchev–Trinajstić information content (AvgIpc) is 2.83. The van der Waals surface area contributed by atoms with Gasteiger partial charge in [-0.2, -0.15) is 0 Å². The van der Waals surface area contributed by atoms with Crippen LogP contribution in [0.4, 0.5) is 0 Å². The molecule has 0 aliphatic carbocycles. The molecule has 1 N–H and O–H groups in total. The number of hydrogen-bond acceptors (Lipinski definition) is 4. The molecule has 1 unspecified atom stereocenters. The Morgan fingerprint density at radius 2 is 2.11 bits per heavy atom. The zero-order chi connectivity index (χ0) is 13.9. The van der Waals surface area contributed by atoms with Gasteiger partial charge in [-0.05, 0) is 44.3 Å². The summed E-state index contributed by atoms with van der Waals surface area (Å²) in [6, 6.07) is 2.70. The van der Waals surface area contributed by atoms with Crippen LogP contribution >= 0.6 is 11.3 Å². The Morgan fingerprint density at radius 1 is 1.42 bits per heavy atom. The third-order valence-corrected chi connectivity index (χ3v) is 4.90. The Balaban J connectivity index is 2.20. The van der Waals surface area contributed by atoms with Crippen LogP contribution in [0.3, 0.4) is 0 Å². The minimum Gasteiger partial charge on any atom is -0.379 e. The van der Waals surface area contributed by atoms with Gasteiger partial charge >= 0.3 is 0 Å². The summed E-state index contributed by atoms with van der Waals surface area (Å²) in [6.45, 7) is 13.8. The number of nitrogens with one attached hydrogen (secondary N) is 1. The number of rotatable bonds is 5. The van der Waals surface area contributed by atoms with Crippen molar-refractivity contribution in [2.24, 2.45) is 0 Å². The Morgan fingerprint density at radius 3 is 2.63 bits per heavy atom. The van der Waals surface area contributed by atoms with Gasteiger partial charge in [-0.15, -0.1) is 11.3 Å². The van der Waals surface area contributed by atoms with Crippen molar-refractivity contribution in [3.05, 3.63) is 21.9 Å². The molecule has 1 aromatic heterocycles. The molecule has 0 spiro atoms. The maximum atomic E-state index is 5.48. The van der Waals surface area contributed by atoms with Crippen LogP contribution in [0.1, 0.15) is 37.3 Å². The first kappa shape index (κ1) is 15.0. The second-order valence-electron chi connectivity index (χ2n) is 5.73. The van der Waals surface area contributed by atoms with E-state index >= 15 is 0 Å². The van der Waals surface area contributed by atoms with E-state index in [9.17, 15) is 0 Å². The van der Waals surface area contributed by atoms with E-state index in [1.54, 1.807) is 0 Å². The monoisotopic (exact) mass is 282 g/mol. The maximum absolute atomic E-state index is 5.48. The quantitative estimate of drug-likeness (QED) is 0.899. The second-order valence-corrected chi connectivity index (χ2v) is 6.85. The fraction of sp³-hybridized carbons (Fsp3) is 0.733. The molecule has 0 aromatic carbocycles. The van der Waals surface area contributed by atoms with Gasteiger partial charge in [0.25, 0.3) is 0 Å². The maximum Gasteiger partial charge on any atom is 0.0594 e. The highest BCUT2D eigenvalue weighted by molar-refractivity contribution is 7.10. The molecule has 0 saturated carbocycles. The number of aryl methyl sites for hydroxylation is 1. The number of likely N-dealkylation sites (N-methyl/N-ethyl adjacent to an activating group) is 1. The number of ether oxygens (including phenoxy) is 1. The predicted molar refractivity (Wildman–Crippen MR) is 81.9 cm³/mol. The number of thiophene rings is 1. The summed E-state index contributed by atoms with van der Waals surface area (Å²) in [6.07, 6.45) is 0. The molecule has 1 fully saturated rings. The molecule has 4 heteroatoms. The number of nitrogens with zero attached hydrogens (tertiary/aromatic N) is 1. The molecule has 19 heavy (non-hydrogen) atoms. The fourth-order valence-corrected chi connectivity index (χ4v) is 3.65. The normalized spacial score (nSPS) is 19.6. The van der Waals surface area contributed by atoms with Crippen molar-refractivity contribution in [3.63, 3.8) is 0 Å². The first-order valence-electron chi connectivity index (χ1n) is 7.17. The summed E-state index contributed by atoms with van der Waals surface area (Å²) < 4.78 is 5.48. The van der Waals surface area contributed by atoms with Gasteiger partial charge in [0, 0.05) is 23.5 Å². The Bertz CT molecular complexity index is 397. The van der Waals surface area contributed by atoms with E-state index in [-0.39, 0.29) is 5.54 Å². The Kier molecular flexibility index (Phi) is 5.01. The van der Waals surface area contributed by atoms with Crippen LogP contribution < -0.4 is 5.32 Å². The van der Waals surface area contributed by atoms with Crippen LogP contribution in [-0.4, -0.2) is 43.3 Å². The molecule has 1 atom stereocenters. The lowest BCUT2D eigenvalue weighted by atomic mass is 9.87. The zero-order valence-corrected chi connectivity index (χ0v) is 13.3. The second kappa shape index (κ2) is 6.35. The molecule has 1 aliphatic heterocycles. The lowest BCUT2D eigenvalue weighted by molar-refractivity contribution is -0.0235. The highest BCUT2D eigenvalue weighted by Gasteiger charge is 2.37. The van der Waals surface area contributed by atoms with Crippen LogP contribution in [0.15, 0.2) is 11.4 Å². The van der Waals surface area contributed by atoms with Crippen LogP contribution in [0.2, 0.25) is 0 Å². The van der Waals surface area contributed by atoms with Gasteiger partial charge in [0.2, 0.25) is 0 Å². The minimum atomic E-state index is 0.104. The van der Waals surface area contributed by atoms with Crippen molar-refractivity contribution < 1.29 is 4.74 Å². The summed E-state index contributed by atoms with van der Waals surface area (Å²) in [7, 11) is 0. The van der Waals surface area contributed by atoms with Gasteiger partial charge in [0.15, 0.2) is 0 Å².